The summed E-state index contributed by atoms with van der Waals surface area (Å²) in [7, 11) is 0. The number of H-pyrrole nitrogens is 1. The summed E-state index contributed by atoms with van der Waals surface area (Å²) in [6.45, 7) is 6.87. The van der Waals surface area contributed by atoms with E-state index in [2.05, 4.69) is 25.6 Å². The number of carbonyl (C=O) groups is 3. The van der Waals surface area contributed by atoms with Gasteiger partial charge in [-0.2, -0.15) is 0 Å². The second-order valence-electron chi connectivity index (χ2n) is 9.70. The van der Waals surface area contributed by atoms with Gasteiger partial charge in [0, 0.05) is 23.0 Å². The van der Waals surface area contributed by atoms with Gasteiger partial charge in [0.1, 0.15) is 31.0 Å². The van der Waals surface area contributed by atoms with E-state index in [9.17, 15) is 14.4 Å². The van der Waals surface area contributed by atoms with E-state index in [0.29, 0.717) is 34.2 Å². The third-order valence-electron chi connectivity index (χ3n) is 6.12. The summed E-state index contributed by atoms with van der Waals surface area (Å²) in [5.41, 5.74) is 14.2. The molecule has 0 unspecified atom stereocenters. The summed E-state index contributed by atoms with van der Waals surface area (Å²) in [5.74, 6) is -1.16. The number of nitrogens with two attached hydrogens (primary N) is 2. The molecule has 0 aliphatic carbocycles. The average molecular weight is 586 g/mol. The molecule has 4 atom stereocenters. The quantitative estimate of drug-likeness (QED) is 0.187. The van der Waals surface area contributed by atoms with Crippen LogP contribution < -0.4 is 22.1 Å². The van der Waals surface area contributed by atoms with Crippen molar-refractivity contribution < 1.29 is 23.9 Å². The molecule has 0 saturated carbocycles. The Morgan fingerprint density at radius 3 is 2.39 bits per heavy atom. The minimum Gasteiger partial charge on any atom is -0.462 e. The highest BCUT2D eigenvalue weighted by Gasteiger charge is 2.21. The van der Waals surface area contributed by atoms with Crippen LogP contribution in [0.4, 0.5) is 5.95 Å². The number of amides is 1. The molecule has 0 aliphatic rings. The van der Waals surface area contributed by atoms with Crippen molar-refractivity contribution in [3.05, 3.63) is 64.6 Å². The molecule has 2 heterocycles. The zero-order valence-electron chi connectivity index (χ0n) is 23.4. The highest BCUT2D eigenvalue weighted by Crippen LogP contribution is 2.24. The fourth-order valence-corrected chi connectivity index (χ4v) is 3.90. The minimum atomic E-state index is -0.801. The van der Waals surface area contributed by atoms with Crippen LogP contribution in [0.2, 0.25) is 5.02 Å². The number of esters is 2. The monoisotopic (exact) mass is 585 g/mol. The summed E-state index contributed by atoms with van der Waals surface area (Å²) < 4.78 is 10.5. The number of aryl methyl sites for hydroxylation is 1. The molecular formula is C28H36ClN7O5. The van der Waals surface area contributed by atoms with Gasteiger partial charge >= 0.3 is 11.9 Å². The van der Waals surface area contributed by atoms with Gasteiger partial charge in [0.15, 0.2) is 0 Å². The number of hydrogen-bond donors (Lipinski definition) is 5. The van der Waals surface area contributed by atoms with Crippen molar-refractivity contribution >= 4 is 35.4 Å². The van der Waals surface area contributed by atoms with Gasteiger partial charge in [-0.3, -0.25) is 14.4 Å². The molecule has 0 spiro atoms. The predicted molar refractivity (Wildman–Crippen MR) is 155 cm³/mol. The molecule has 220 valence electrons. The van der Waals surface area contributed by atoms with Gasteiger partial charge in [-0.05, 0) is 56.5 Å². The zero-order valence-corrected chi connectivity index (χ0v) is 24.2. The molecule has 1 amide bonds. The van der Waals surface area contributed by atoms with Crippen LogP contribution in [0.3, 0.4) is 0 Å². The number of anilines is 1. The molecular weight excluding hydrogens is 550 g/mol. The number of aromatic amines is 1. The van der Waals surface area contributed by atoms with Crippen molar-refractivity contribution in [2.24, 2.45) is 11.5 Å². The van der Waals surface area contributed by atoms with Crippen molar-refractivity contribution in [3.63, 3.8) is 0 Å². The molecule has 3 aromatic rings. The van der Waals surface area contributed by atoms with Crippen molar-refractivity contribution in [1.82, 2.24) is 20.3 Å². The lowest BCUT2D eigenvalue weighted by molar-refractivity contribution is -0.146. The third-order valence-corrected chi connectivity index (χ3v) is 6.35. The maximum atomic E-state index is 13.2. The summed E-state index contributed by atoms with van der Waals surface area (Å²) in [5, 5.41) is 6.54. The normalized spacial score (nSPS) is 13.9. The topological polar surface area (TPSA) is 187 Å². The van der Waals surface area contributed by atoms with Crippen LogP contribution in [0.25, 0.3) is 11.3 Å². The lowest BCUT2D eigenvalue weighted by atomic mass is 10.1. The highest BCUT2D eigenvalue weighted by molar-refractivity contribution is 6.30. The average Bonchev–Trinajstić information content (AvgIpc) is 3.43. The lowest BCUT2D eigenvalue weighted by Crippen LogP contribution is -2.35. The van der Waals surface area contributed by atoms with Crippen LogP contribution in [0.5, 0.6) is 0 Å². The Labute approximate surface area is 243 Å². The molecule has 0 saturated heterocycles. The SMILES string of the molecule is CC[C@H](COC(=O)[C@H](C)N)Nc1ncc(C)c(-c2c[nH]c(C(=O)N[C@H](COC(=O)[C@H](C)N)c3cccc(Cl)c3)c2)n1. The summed E-state index contributed by atoms with van der Waals surface area (Å²) in [4.78, 5) is 48.9. The maximum Gasteiger partial charge on any atom is 0.322 e. The van der Waals surface area contributed by atoms with E-state index in [0.717, 1.165) is 5.56 Å². The van der Waals surface area contributed by atoms with Crippen LogP contribution in [0.15, 0.2) is 42.7 Å². The first-order valence-electron chi connectivity index (χ1n) is 13.2. The molecule has 2 aromatic heterocycles. The summed E-state index contributed by atoms with van der Waals surface area (Å²) >= 11 is 6.15. The highest BCUT2D eigenvalue weighted by atomic mass is 35.5. The van der Waals surface area contributed by atoms with Crippen molar-refractivity contribution in [2.45, 2.75) is 58.3 Å². The van der Waals surface area contributed by atoms with Crippen molar-refractivity contribution in [1.29, 1.82) is 0 Å². The first-order valence-corrected chi connectivity index (χ1v) is 13.6. The number of halogens is 1. The van der Waals surface area contributed by atoms with Gasteiger partial charge in [0.25, 0.3) is 5.91 Å². The molecule has 0 fully saturated rings. The van der Waals surface area contributed by atoms with Gasteiger partial charge in [-0.25, -0.2) is 9.97 Å². The van der Waals surface area contributed by atoms with Gasteiger partial charge in [0.05, 0.1) is 17.8 Å². The number of rotatable bonds is 13. The van der Waals surface area contributed by atoms with Gasteiger partial charge in [-0.1, -0.05) is 30.7 Å². The smallest absolute Gasteiger partial charge is 0.322 e. The van der Waals surface area contributed by atoms with Crippen LogP contribution in [0.1, 0.15) is 54.8 Å². The van der Waals surface area contributed by atoms with E-state index in [1.165, 1.54) is 6.92 Å². The van der Waals surface area contributed by atoms with Gasteiger partial charge < -0.3 is 36.6 Å². The Balaban J connectivity index is 1.75. The van der Waals surface area contributed by atoms with E-state index in [4.69, 9.17) is 32.5 Å². The van der Waals surface area contributed by atoms with Crippen LogP contribution in [-0.4, -0.2) is 64.1 Å². The Hall–Kier alpha value is -4.00. The lowest BCUT2D eigenvalue weighted by Gasteiger charge is -2.20. The Morgan fingerprint density at radius 1 is 1.07 bits per heavy atom. The number of nitrogens with zero attached hydrogens (tertiary/aromatic N) is 2. The second-order valence-corrected chi connectivity index (χ2v) is 10.1. The molecule has 1 aromatic carbocycles. The van der Waals surface area contributed by atoms with Gasteiger partial charge in [-0.15, -0.1) is 0 Å². The molecule has 0 radical (unpaired) electrons. The van der Waals surface area contributed by atoms with Crippen LogP contribution in [-0.2, 0) is 19.1 Å². The fraction of sp³-hybridized carbons (Fsp3) is 0.393. The summed E-state index contributed by atoms with van der Waals surface area (Å²) in [6.07, 6.45) is 3.99. The van der Waals surface area contributed by atoms with E-state index in [-0.39, 0.29) is 24.9 Å². The number of ether oxygens (including phenoxy) is 2. The molecule has 0 aliphatic heterocycles. The molecule has 13 heteroatoms. The second kappa shape index (κ2) is 14.6. The van der Waals surface area contributed by atoms with E-state index in [1.54, 1.807) is 49.6 Å². The molecule has 3 rings (SSSR count). The van der Waals surface area contributed by atoms with Crippen LogP contribution in [0, 0.1) is 6.92 Å². The standard InChI is InChI=1S/C28H36ClN7O5/c1-5-21(13-40-26(38)16(3)30)34-28-33-11-15(2)24(36-28)19-10-22(32-12-19)25(37)35-23(14-41-27(39)17(4)31)18-7-6-8-20(29)9-18/h6-12,16-17,21,23,32H,5,13-14,30-31H2,1-4H3,(H,35,37)(H,33,34,36)/t16-,17-,21+,23+/m0/s1. The van der Waals surface area contributed by atoms with E-state index < -0.39 is 36.0 Å². The number of hydrogen-bond acceptors (Lipinski definition) is 10. The largest absolute Gasteiger partial charge is 0.462 e. The van der Waals surface area contributed by atoms with Crippen molar-refractivity contribution in [2.75, 3.05) is 18.5 Å². The minimum absolute atomic E-state index is 0.116. The predicted octanol–water partition coefficient (Wildman–Crippen LogP) is 2.88. The number of nitrogens with one attached hydrogen (secondary N) is 3. The number of carbonyl (C=O) groups excluding carboxylic acids is 3. The maximum absolute atomic E-state index is 13.2. The Morgan fingerprint density at radius 2 is 1.76 bits per heavy atom. The van der Waals surface area contributed by atoms with E-state index in [1.807, 2.05) is 13.8 Å². The number of benzene rings is 1. The first kappa shape index (κ1) is 31.5. The van der Waals surface area contributed by atoms with Crippen molar-refractivity contribution in [3.8, 4) is 11.3 Å². The molecule has 7 N–H and O–H groups in total. The number of aromatic nitrogens is 3. The molecule has 12 nitrogen and oxygen atoms in total. The first-order chi connectivity index (χ1) is 19.5. The fourth-order valence-electron chi connectivity index (χ4n) is 3.70. The zero-order chi connectivity index (χ0) is 30.1. The van der Waals surface area contributed by atoms with E-state index >= 15 is 0 Å². The Kier molecular flexibility index (Phi) is 11.2. The molecule has 0 bridgehead atoms. The van der Waals surface area contributed by atoms with Gasteiger partial charge in [0.2, 0.25) is 5.95 Å². The Bertz CT molecular complexity index is 1360. The summed E-state index contributed by atoms with van der Waals surface area (Å²) in [6, 6.07) is 6.17. The third kappa shape index (κ3) is 9.00. The molecule has 41 heavy (non-hydrogen) atoms. The van der Waals surface area contributed by atoms with Crippen LogP contribution >= 0.6 is 11.6 Å².